The van der Waals surface area contributed by atoms with Crippen LogP contribution in [0.25, 0.3) is 17.4 Å². The van der Waals surface area contributed by atoms with Crippen LogP contribution in [0, 0.1) is 10.1 Å². The molecule has 7 nitrogen and oxygen atoms in total. The summed E-state index contributed by atoms with van der Waals surface area (Å²) in [6.07, 6.45) is 1.64. The van der Waals surface area contributed by atoms with Crippen molar-refractivity contribution in [2.24, 2.45) is 0 Å². The zero-order valence-electron chi connectivity index (χ0n) is 13.7. The number of benzene rings is 1. The van der Waals surface area contributed by atoms with Crippen molar-refractivity contribution in [3.8, 4) is 11.3 Å². The van der Waals surface area contributed by atoms with Gasteiger partial charge >= 0.3 is 0 Å². The molecule has 0 bridgehead atoms. The van der Waals surface area contributed by atoms with Crippen LogP contribution in [0.5, 0.6) is 0 Å². The standard InChI is InChI=1S/C17H14N2O5S2/c1-23-9-8-18-16(20)15(26-17(18)25)10-13-6-7-14(24-13)11-2-4-12(5-3-11)19(21)22/h2-7,10H,8-9H2,1H3/b15-10+. The number of amides is 1. The van der Waals surface area contributed by atoms with Gasteiger partial charge in [-0.25, -0.2) is 0 Å². The van der Waals surface area contributed by atoms with E-state index in [9.17, 15) is 14.9 Å². The van der Waals surface area contributed by atoms with E-state index in [0.717, 1.165) is 0 Å². The topological polar surface area (TPSA) is 85.8 Å². The quantitative estimate of drug-likeness (QED) is 0.322. The first-order chi connectivity index (χ1) is 12.5. The minimum absolute atomic E-state index is 0.0141. The molecule has 2 aromatic rings. The summed E-state index contributed by atoms with van der Waals surface area (Å²) in [7, 11) is 1.57. The van der Waals surface area contributed by atoms with Gasteiger partial charge in [-0.1, -0.05) is 24.0 Å². The van der Waals surface area contributed by atoms with E-state index in [0.29, 0.717) is 39.5 Å². The third-order valence-electron chi connectivity index (χ3n) is 3.66. The molecule has 1 amide bonds. The van der Waals surface area contributed by atoms with Crippen LogP contribution in [0.15, 0.2) is 45.7 Å². The number of rotatable bonds is 6. The molecule has 2 heterocycles. The van der Waals surface area contributed by atoms with Crippen LogP contribution in [0.2, 0.25) is 0 Å². The molecule has 0 atom stereocenters. The molecule has 1 aromatic carbocycles. The Hall–Kier alpha value is -2.49. The summed E-state index contributed by atoms with van der Waals surface area (Å²) in [5.74, 6) is 0.886. The van der Waals surface area contributed by atoms with Gasteiger partial charge in [0, 0.05) is 30.9 Å². The lowest BCUT2D eigenvalue weighted by Gasteiger charge is -2.12. The second-order valence-corrected chi connectivity index (χ2v) is 7.01. The number of furan rings is 1. The number of non-ortho nitro benzene ring substituents is 1. The van der Waals surface area contributed by atoms with E-state index in [-0.39, 0.29) is 11.6 Å². The highest BCUT2D eigenvalue weighted by Gasteiger charge is 2.31. The summed E-state index contributed by atoms with van der Waals surface area (Å²) in [5, 5.41) is 10.7. The average molecular weight is 390 g/mol. The minimum Gasteiger partial charge on any atom is -0.457 e. The van der Waals surface area contributed by atoms with E-state index in [1.807, 2.05) is 0 Å². The smallest absolute Gasteiger partial charge is 0.269 e. The van der Waals surface area contributed by atoms with Crippen LogP contribution in [0.1, 0.15) is 5.76 Å². The first kappa shape index (κ1) is 18.3. The molecule has 0 unspecified atom stereocenters. The number of methoxy groups -OCH3 is 1. The van der Waals surface area contributed by atoms with Crippen molar-refractivity contribution in [3.63, 3.8) is 0 Å². The van der Waals surface area contributed by atoms with Crippen LogP contribution in [0.4, 0.5) is 5.69 Å². The van der Waals surface area contributed by atoms with Gasteiger partial charge in [0.25, 0.3) is 11.6 Å². The lowest BCUT2D eigenvalue weighted by atomic mass is 10.1. The summed E-state index contributed by atoms with van der Waals surface area (Å²) >= 11 is 6.44. The van der Waals surface area contributed by atoms with Gasteiger partial charge in [0.1, 0.15) is 15.8 Å². The van der Waals surface area contributed by atoms with E-state index in [4.69, 9.17) is 21.4 Å². The SMILES string of the molecule is COCCN1C(=O)/C(=C\c2ccc(-c3ccc([N+](=O)[O-])cc3)o2)SC1=S. The Labute approximate surface area is 158 Å². The molecular formula is C17H14N2O5S2. The molecule has 1 aliphatic rings. The van der Waals surface area contributed by atoms with Gasteiger partial charge in [-0.15, -0.1) is 0 Å². The van der Waals surface area contributed by atoms with Gasteiger partial charge in [0.05, 0.1) is 23.0 Å². The van der Waals surface area contributed by atoms with Crippen LogP contribution >= 0.6 is 24.0 Å². The summed E-state index contributed by atoms with van der Waals surface area (Å²) in [5.41, 5.74) is 0.725. The molecule has 0 spiro atoms. The number of carbonyl (C=O) groups is 1. The fourth-order valence-corrected chi connectivity index (χ4v) is 3.63. The van der Waals surface area contributed by atoms with Crippen LogP contribution in [0.3, 0.4) is 0 Å². The molecule has 9 heteroatoms. The molecule has 3 rings (SSSR count). The molecule has 26 heavy (non-hydrogen) atoms. The maximum Gasteiger partial charge on any atom is 0.269 e. The predicted octanol–water partition coefficient (Wildman–Crippen LogP) is 3.70. The molecule has 134 valence electrons. The Balaban J connectivity index is 1.78. The third kappa shape index (κ3) is 3.85. The molecule has 0 N–H and O–H groups in total. The monoisotopic (exact) mass is 390 g/mol. The zero-order chi connectivity index (χ0) is 18.7. The van der Waals surface area contributed by atoms with Gasteiger partial charge in [-0.05, 0) is 24.3 Å². The number of hydrogen-bond donors (Lipinski definition) is 0. The number of carbonyl (C=O) groups excluding carboxylic acids is 1. The van der Waals surface area contributed by atoms with E-state index >= 15 is 0 Å². The third-order valence-corrected chi connectivity index (χ3v) is 5.03. The predicted molar refractivity (Wildman–Crippen MR) is 103 cm³/mol. The number of hydrogen-bond acceptors (Lipinski definition) is 7. The second kappa shape index (κ2) is 7.81. The highest BCUT2D eigenvalue weighted by Crippen LogP contribution is 2.33. The Morgan fingerprint density at radius 1 is 1.31 bits per heavy atom. The minimum atomic E-state index is -0.455. The lowest BCUT2D eigenvalue weighted by Crippen LogP contribution is -2.31. The molecule has 0 radical (unpaired) electrons. The van der Waals surface area contributed by atoms with Gasteiger partial charge in [0.15, 0.2) is 0 Å². The molecule has 1 saturated heterocycles. The Bertz CT molecular complexity index is 889. The van der Waals surface area contributed by atoms with Crippen molar-refractivity contribution in [2.45, 2.75) is 0 Å². The molecular weight excluding hydrogens is 376 g/mol. The number of nitro groups is 1. The highest BCUT2D eigenvalue weighted by atomic mass is 32.2. The summed E-state index contributed by atoms with van der Waals surface area (Å²) in [6, 6.07) is 9.55. The zero-order valence-corrected chi connectivity index (χ0v) is 15.3. The molecule has 1 aliphatic heterocycles. The number of ether oxygens (including phenoxy) is 1. The average Bonchev–Trinajstić information content (AvgIpc) is 3.19. The first-order valence-corrected chi connectivity index (χ1v) is 8.81. The van der Waals surface area contributed by atoms with E-state index in [2.05, 4.69) is 0 Å². The fourth-order valence-electron chi connectivity index (χ4n) is 2.34. The van der Waals surface area contributed by atoms with E-state index in [1.54, 1.807) is 37.5 Å². The summed E-state index contributed by atoms with van der Waals surface area (Å²) in [6.45, 7) is 0.815. The number of nitro benzene ring substituents is 1. The van der Waals surface area contributed by atoms with Gasteiger partial charge in [0.2, 0.25) is 0 Å². The van der Waals surface area contributed by atoms with Crippen molar-refractivity contribution in [3.05, 3.63) is 57.2 Å². The van der Waals surface area contributed by atoms with E-state index in [1.165, 1.54) is 28.8 Å². The number of thioether (sulfide) groups is 1. The fraction of sp³-hybridized carbons (Fsp3) is 0.176. The van der Waals surface area contributed by atoms with Gasteiger partial charge in [-0.2, -0.15) is 0 Å². The lowest BCUT2D eigenvalue weighted by molar-refractivity contribution is -0.384. The van der Waals surface area contributed by atoms with Crippen molar-refractivity contribution in [1.82, 2.24) is 4.90 Å². The Morgan fingerprint density at radius 3 is 2.69 bits per heavy atom. The Kier molecular flexibility index (Phi) is 5.50. The van der Waals surface area contributed by atoms with Crippen LogP contribution in [-0.4, -0.2) is 40.3 Å². The molecule has 0 saturated carbocycles. The number of nitrogens with zero attached hydrogens (tertiary/aromatic N) is 2. The van der Waals surface area contributed by atoms with Crippen molar-refractivity contribution >= 4 is 46.0 Å². The normalized spacial score (nSPS) is 15.9. The van der Waals surface area contributed by atoms with Crippen molar-refractivity contribution in [1.29, 1.82) is 0 Å². The highest BCUT2D eigenvalue weighted by molar-refractivity contribution is 8.26. The number of thiocarbonyl (C=S) groups is 1. The first-order valence-electron chi connectivity index (χ1n) is 7.58. The van der Waals surface area contributed by atoms with Gasteiger partial charge in [-0.3, -0.25) is 19.8 Å². The molecule has 0 aliphatic carbocycles. The molecule has 1 fully saturated rings. The van der Waals surface area contributed by atoms with Crippen LogP contribution < -0.4 is 0 Å². The summed E-state index contributed by atoms with van der Waals surface area (Å²) in [4.78, 5) is 24.6. The van der Waals surface area contributed by atoms with E-state index < -0.39 is 4.92 Å². The van der Waals surface area contributed by atoms with Crippen LogP contribution in [-0.2, 0) is 9.53 Å². The van der Waals surface area contributed by atoms with Gasteiger partial charge < -0.3 is 9.15 Å². The second-order valence-electron chi connectivity index (χ2n) is 5.33. The Morgan fingerprint density at radius 2 is 2.04 bits per heavy atom. The summed E-state index contributed by atoms with van der Waals surface area (Å²) < 4.78 is 11.2. The maximum absolute atomic E-state index is 12.4. The van der Waals surface area contributed by atoms with Crippen molar-refractivity contribution < 1.29 is 18.9 Å². The maximum atomic E-state index is 12.4. The van der Waals surface area contributed by atoms with Crippen molar-refractivity contribution in [2.75, 3.05) is 20.3 Å². The largest absolute Gasteiger partial charge is 0.457 e. The molecule has 1 aromatic heterocycles.